The molecule has 0 aliphatic carbocycles. The van der Waals surface area contributed by atoms with E-state index in [4.69, 9.17) is 11.6 Å². The topological polar surface area (TPSA) is 12.9 Å². The smallest absolute Gasteiger partial charge is 0.244 e. The van der Waals surface area contributed by atoms with Crippen LogP contribution in [0.15, 0.2) is 12.1 Å². The molecule has 5 heteroatoms. The summed E-state index contributed by atoms with van der Waals surface area (Å²) < 4.78 is 36.1. The zero-order valence-electron chi connectivity index (χ0n) is 5.90. The Morgan fingerprint density at radius 1 is 1.42 bits per heavy atom. The molecular weight excluding hydrogens is 191 g/mol. The van der Waals surface area contributed by atoms with Crippen molar-refractivity contribution in [1.82, 2.24) is 4.98 Å². The Hall–Kier alpha value is -0.770. The summed E-state index contributed by atoms with van der Waals surface area (Å²) in [4.78, 5) is 3.49. The largest absolute Gasteiger partial charge is 0.264 e. The van der Waals surface area contributed by atoms with Gasteiger partial charge in [0.15, 0.2) is 0 Å². The van der Waals surface area contributed by atoms with E-state index in [-0.39, 0.29) is 16.4 Å². The van der Waals surface area contributed by atoms with Crippen LogP contribution in [-0.2, 0) is 6.67 Å². The third-order valence-electron chi connectivity index (χ3n) is 1.26. The van der Waals surface area contributed by atoms with E-state index in [9.17, 15) is 13.2 Å². The van der Waals surface area contributed by atoms with Crippen molar-refractivity contribution in [2.24, 2.45) is 0 Å². The first-order valence-electron chi connectivity index (χ1n) is 3.14. The van der Waals surface area contributed by atoms with Crippen LogP contribution < -0.4 is 0 Å². The van der Waals surface area contributed by atoms with E-state index in [1.807, 2.05) is 0 Å². The number of nitrogens with zero attached hydrogens (tertiary/aromatic N) is 1. The van der Waals surface area contributed by atoms with Crippen molar-refractivity contribution in [2.75, 3.05) is 0 Å². The summed E-state index contributed by atoms with van der Waals surface area (Å²) in [6.07, 6.45) is -2.64. The van der Waals surface area contributed by atoms with Crippen LogP contribution in [0.1, 0.15) is 17.7 Å². The molecule has 0 spiro atoms. The van der Waals surface area contributed by atoms with E-state index < -0.39 is 13.1 Å². The number of hydrogen-bond donors (Lipinski definition) is 0. The summed E-state index contributed by atoms with van der Waals surface area (Å²) in [6, 6.07) is 2.02. The van der Waals surface area contributed by atoms with Gasteiger partial charge >= 0.3 is 0 Å². The first kappa shape index (κ1) is 9.32. The lowest BCUT2D eigenvalue weighted by Crippen LogP contribution is -1.91. The van der Waals surface area contributed by atoms with Crippen LogP contribution >= 0.6 is 11.6 Å². The molecule has 0 bridgehead atoms. The average molecular weight is 196 g/mol. The van der Waals surface area contributed by atoms with Crippen LogP contribution in [0.25, 0.3) is 0 Å². The molecular formula is C7H5ClF3N. The van der Waals surface area contributed by atoms with E-state index in [1.54, 1.807) is 0 Å². The fraction of sp³-hybridized carbons (Fsp3) is 0.286. The first-order valence-corrected chi connectivity index (χ1v) is 3.51. The lowest BCUT2D eigenvalue weighted by molar-refractivity contribution is 0.151. The van der Waals surface area contributed by atoms with Crippen LogP contribution in [0.3, 0.4) is 0 Å². The van der Waals surface area contributed by atoms with Gasteiger partial charge in [0.25, 0.3) is 6.43 Å². The van der Waals surface area contributed by atoms with Gasteiger partial charge in [-0.2, -0.15) is 0 Å². The molecule has 0 amide bonds. The van der Waals surface area contributed by atoms with E-state index >= 15 is 0 Å². The second-order valence-electron chi connectivity index (χ2n) is 2.15. The zero-order valence-corrected chi connectivity index (χ0v) is 6.65. The molecule has 0 atom stereocenters. The molecule has 0 aromatic carbocycles. The highest BCUT2D eigenvalue weighted by atomic mass is 35.5. The predicted molar refractivity (Wildman–Crippen MR) is 39.0 cm³/mol. The summed E-state index contributed by atoms with van der Waals surface area (Å²) in [5.74, 6) is 0. The fourth-order valence-corrected chi connectivity index (χ4v) is 1.00. The summed E-state index contributed by atoms with van der Waals surface area (Å²) in [5.41, 5.74) is -0.375. The van der Waals surface area contributed by atoms with Gasteiger partial charge in [0, 0.05) is 5.56 Å². The zero-order chi connectivity index (χ0) is 9.14. The average Bonchev–Trinajstić information content (AvgIpc) is 2.03. The van der Waals surface area contributed by atoms with Gasteiger partial charge in [0.2, 0.25) is 0 Å². The van der Waals surface area contributed by atoms with Crippen LogP contribution in [0.4, 0.5) is 13.2 Å². The van der Waals surface area contributed by atoms with Crippen molar-refractivity contribution in [3.05, 3.63) is 28.5 Å². The van der Waals surface area contributed by atoms with Gasteiger partial charge in [-0.3, -0.25) is 0 Å². The van der Waals surface area contributed by atoms with Gasteiger partial charge in [-0.05, 0) is 12.1 Å². The minimum absolute atomic E-state index is 0.0715. The number of rotatable bonds is 2. The fourth-order valence-electron chi connectivity index (χ4n) is 0.768. The van der Waals surface area contributed by atoms with Crippen molar-refractivity contribution in [3.63, 3.8) is 0 Å². The highest BCUT2D eigenvalue weighted by molar-refractivity contribution is 6.29. The molecule has 1 aromatic rings. The van der Waals surface area contributed by atoms with E-state index in [0.717, 1.165) is 12.1 Å². The second kappa shape index (κ2) is 3.76. The third kappa shape index (κ3) is 2.11. The molecule has 0 saturated carbocycles. The Kier molecular flexibility index (Phi) is 2.92. The number of pyridine rings is 1. The molecule has 12 heavy (non-hydrogen) atoms. The molecule has 0 N–H and O–H groups in total. The second-order valence-corrected chi connectivity index (χ2v) is 2.54. The maximum atomic E-state index is 12.1. The molecule has 1 heterocycles. The molecule has 1 nitrogen and oxygen atoms in total. The van der Waals surface area contributed by atoms with Gasteiger partial charge < -0.3 is 0 Å². The van der Waals surface area contributed by atoms with Crippen LogP contribution in [0, 0.1) is 0 Å². The molecule has 1 aromatic heterocycles. The minimum atomic E-state index is -2.64. The van der Waals surface area contributed by atoms with E-state index in [2.05, 4.69) is 4.98 Å². The molecule has 66 valence electrons. The monoisotopic (exact) mass is 195 g/mol. The highest BCUT2D eigenvalue weighted by Gasteiger charge is 2.09. The van der Waals surface area contributed by atoms with Crippen LogP contribution in [-0.4, -0.2) is 4.98 Å². The molecule has 0 saturated heterocycles. The number of aromatic nitrogens is 1. The summed E-state index contributed by atoms with van der Waals surface area (Å²) in [7, 11) is 0. The lowest BCUT2D eigenvalue weighted by atomic mass is 10.2. The first-order chi connectivity index (χ1) is 5.63. The molecule has 0 aliphatic heterocycles. The standard InChI is InChI=1S/C7H5ClF3N/c8-6-2-4(7(10)11)1-5(3-9)12-6/h1-2,7H,3H2. The maximum absolute atomic E-state index is 12.1. The van der Waals surface area contributed by atoms with Gasteiger partial charge in [0.05, 0.1) is 5.69 Å². The van der Waals surface area contributed by atoms with Crippen molar-refractivity contribution in [2.45, 2.75) is 13.1 Å². The Morgan fingerprint density at radius 3 is 2.58 bits per heavy atom. The van der Waals surface area contributed by atoms with Crippen molar-refractivity contribution < 1.29 is 13.2 Å². The van der Waals surface area contributed by atoms with Crippen molar-refractivity contribution in [3.8, 4) is 0 Å². The molecule has 0 fully saturated rings. The van der Waals surface area contributed by atoms with Gasteiger partial charge in [-0.15, -0.1) is 0 Å². The van der Waals surface area contributed by atoms with Gasteiger partial charge in [-0.25, -0.2) is 18.2 Å². The molecule has 0 aliphatic rings. The third-order valence-corrected chi connectivity index (χ3v) is 1.45. The molecule has 1 rings (SSSR count). The van der Waals surface area contributed by atoms with Gasteiger partial charge in [-0.1, -0.05) is 11.6 Å². The van der Waals surface area contributed by atoms with Crippen molar-refractivity contribution >= 4 is 11.6 Å². The number of hydrogen-bond acceptors (Lipinski definition) is 1. The number of alkyl halides is 3. The van der Waals surface area contributed by atoms with Gasteiger partial charge in [0.1, 0.15) is 11.8 Å². The van der Waals surface area contributed by atoms with Crippen LogP contribution in [0.5, 0.6) is 0 Å². The quantitative estimate of drug-likeness (QED) is 0.661. The number of halogens is 4. The summed E-state index contributed by atoms with van der Waals surface area (Å²) in [5, 5.41) is -0.111. The highest BCUT2D eigenvalue weighted by Crippen LogP contribution is 2.22. The molecule has 0 unspecified atom stereocenters. The Labute approximate surface area is 72.2 Å². The minimum Gasteiger partial charge on any atom is -0.244 e. The van der Waals surface area contributed by atoms with Crippen LogP contribution in [0.2, 0.25) is 5.15 Å². The Balaban J connectivity index is 3.06. The van der Waals surface area contributed by atoms with E-state index in [1.165, 1.54) is 0 Å². The maximum Gasteiger partial charge on any atom is 0.264 e. The Bertz CT molecular complexity index is 277. The summed E-state index contributed by atoms with van der Waals surface area (Å²) in [6.45, 7) is -0.889. The Morgan fingerprint density at radius 2 is 2.08 bits per heavy atom. The van der Waals surface area contributed by atoms with Crippen molar-refractivity contribution in [1.29, 1.82) is 0 Å². The molecule has 0 radical (unpaired) electrons. The summed E-state index contributed by atoms with van der Waals surface area (Å²) >= 11 is 5.36. The predicted octanol–water partition coefficient (Wildman–Crippen LogP) is 3.14. The normalized spacial score (nSPS) is 10.8. The lowest BCUT2D eigenvalue weighted by Gasteiger charge is -2.01. The SMILES string of the molecule is FCc1cc(C(F)F)cc(Cl)n1. The van der Waals surface area contributed by atoms with E-state index in [0.29, 0.717) is 0 Å².